The van der Waals surface area contributed by atoms with E-state index in [2.05, 4.69) is 20.2 Å². The number of anilines is 2. The lowest BCUT2D eigenvalue weighted by Crippen LogP contribution is -2.22. The molecule has 0 aliphatic rings. The Kier molecular flexibility index (Phi) is 9.62. The van der Waals surface area contributed by atoms with E-state index in [4.69, 9.17) is 21.1 Å². The maximum absolute atomic E-state index is 13.9. The number of fused-ring (bicyclic) bond motifs is 6. The molecular weight excluding hydrogens is 678 g/mol. The highest BCUT2D eigenvalue weighted by molar-refractivity contribution is 5.83. The molecule has 0 spiro atoms. The van der Waals surface area contributed by atoms with Crippen LogP contribution in [-0.2, 0) is 29.3 Å². The number of halogens is 2. The van der Waals surface area contributed by atoms with E-state index in [9.17, 15) is 23.5 Å². The monoisotopic (exact) mass is 706 g/mol. The molecule has 4 heterocycles. The number of nitrogens with zero attached hydrogens (tertiary/aromatic N) is 8. The fraction of sp³-hybridized carbons (Fsp3) is 0.114. The van der Waals surface area contributed by atoms with Crippen LogP contribution in [0.4, 0.5) is 20.4 Å². The summed E-state index contributed by atoms with van der Waals surface area (Å²) in [5.41, 5.74) is 16.2. The molecule has 5 N–H and O–H groups in total. The molecule has 0 unspecified atom stereocenters. The van der Waals surface area contributed by atoms with Crippen molar-refractivity contribution in [2.45, 2.75) is 26.6 Å². The molecule has 0 fully saturated rings. The van der Waals surface area contributed by atoms with Crippen molar-refractivity contribution in [1.29, 1.82) is 0 Å². The van der Waals surface area contributed by atoms with Gasteiger partial charge >= 0.3 is 17.5 Å². The van der Waals surface area contributed by atoms with Gasteiger partial charge in [0, 0.05) is 11.1 Å². The zero-order valence-corrected chi connectivity index (χ0v) is 27.3. The summed E-state index contributed by atoms with van der Waals surface area (Å²) in [4.78, 5) is 50.3. The molecule has 4 aromatic heterocycles. The van der Waals surface area contributed by atoms with Gasteiger partial charge in [0.2, 0.25) is 11.3 Å². The van der Waals surface area contributed by atoms with E-state index in [1.54, 1.807) is 60.7 Å². The number of rotatable bonds is 5. The van der Waals surface area contributed by atoms with Crippen molar-refractivity contribution in [1.82, 2.24) is 38.3 Å². The molecule has 0 bridgehead atoms. The Bertz CT molecular complexity index is 2780. The largest absolute Gasteiger partial charge is 0.392 e. The fourth-order valence-corrected chi connectivity index (χ4v) is 5.58. The summed E-state index contributed by atoms with van der Waals surface area (Å²) in [6.07, 6.45) is 0.250. The van der Waals surface area contributed by atoms with Crippen molar-refractivity contribution in [3.63, 3.8) is 0 Å². The van der Waals surface area contributed by atoms with E-state index in [0.717, 1.165) is 10.2 Å². The van der Waals surface area contributed by atoms with Crippen LogP contribution in [0.15, 0.2) is 94.5 Å². The zero-order chi connectivity index (χ0) is 37.1. The Morgan fingerprint density at radius 1 is 0.692 bits per heavy atom. The van der Waals surface area contributed by atoms with E-state index in [-0.39, 0.29) is 60.3 Å². The molecule has 17 heteroatoms. The van der Waals surface area contributed by atoms with Crippen LogP contribution in [0, 0.1) is 18.6 Å². The molecule has 0 saturated heterocycles. The van der Waals surface area contributed by atoms with E-state index >= 15 is 0 Å². The third-order valence-electron chi connectivity index (χ3n) is 8.01. The smallest absolute Gasteiger partial charge is 0.373 e. The van der Waals surface area contributed by atoms with Crippen molar-refractivity contribution in [2.75, 3.05) is 11.5 Å². The third-order valence-corrected chi connectivity index (χ3v) is 8.01. The van der Waals surface area contributed by atoms with Crippen LogP contribution in [0.2, 0.25) is 0 Å². The van der Waals surface area contributed by atoms with Crippen LogP contribution in [0.3, 0.4) is 0 Å². The molecule has 4 aromatic carbocycles. The molecule has 262 valence electrons. The van der Waals surface area contributed by atoms with Gasteiger partial charge in [-0.25, -0.2) is 46.5 Å². The van der Waals surface area contributed by atoms with Crippen molar-refractivity contribution in [3.8, 4) is 0 Å². The minimum atomic E-state index is -0.436. The van der Waals surface area contributed by atoms with E-state index in [0.29, 0.717) is 38.8 Å². The summed E-state index contributed by atoms with van der Waals surface area (Å²) >= 11 is 0. The first-order valence-corrected chi connectivity index (χ1v) is 15.4. The number of carbonyl (C=O) groups excluding carboxylic acids is 2. The summed E-state index contributed by atoms with van der Waals surface area (Å²) in [7, 11) is 0. The molecule has 0 atom stereocenters. The predicted octanol–water partition coefficient (Wildman–Crippen LogP) is 2.84. The number of aliphatic hydroxyl groups is 1. The average molecular weight is 707 g/mol. The van der Waals surface area contributed by atoms with Gasteiger partial charge in [-0.05, 0) is 54.4 Å². The molecule has 15 nitrogen and oxygen atoms in total. The van der Waals surface area contributed by atoms with Gasteiger partial charge in [-0.2, -0.15) is 9.59 Å². The van der Waals surface area contributed by atoms with E-state index in [1.807, 2.05) is 19.1 Å². The highest BCUT2D eigenvalue weighted by atomic mass is 19.1. The molecule has 0 aliphatic heterocycles. The Hall–Kier alpha value is -7.10. The van der Waals surface area contributed by atoms with E-state index in [1.165, 1.54) is 25.6 Å². The number of hydrogen-bond donors (Lipinski definition) is 3. The normalized spacial score (nSPS) is 10.9. The minimum absolute atomic E-state index is 0.0111. The van der Waals surface area contributed by atoms with Gasteiger partial charge in [0.05, 0.1) is 41.8 Å². The number of aliphatic hydroxyl groups excluding tert-OH is 1. The first kappa shape index (κ1) is 34.8. The van der Waals surface area contributed by atoms with Crippen LogP contribution in [0.1, 0.15) is 22.3 Å². The quantitative estimate of drug-likeness (QED) is 0.237. The Morgan fingerprint density at radius 2 is 1.13 bits per heavy atom. The first-order chi connectivity index (χ1) is 25.0. The summed E-state index contributed by atoms with van der Waals surface area (Å²) in [6.45, 7) is 1.81. The van der Waals surface area contributed by atoms with Gasteiger partial charge in [-0.3, -0.25) is 0 Å². The van der Waals surface area contributed by atoms with Gasteiger partial charge in [0.1, 0.15) is 11.6 Å². The standard InChI is InChI=1S/C17H14FN5O2.C17H14FN5O.CO2/c18-12-4-2-1-3-11(12)8-22-17(25)23-14-6-5-10(9-24)7-13(14)20-15(19)16(23)21-22;1-10-6-7-14-13(8-10)20-15(19)16-21-22(17(24)23(14)16)9-11-4-2-3-5-12(11)18;2-1-3/h1-7,24H,8-9H2,(H2,19,20);2-8H,9H2,1H3,(H2,19,20);. The molecule has 0 radical (unpaired) electrons. The fourth-order valence-electron chi connectivity index (χ4n) is 5.58. The number of nitrogens with two attached hydrogens (primary N) is 2. The highest BCUT2D eigenvalue weighted by Gasteiger charge is 2.17. The summed E-state index contributed by atoms with van der Waals surface area (Å²) in [6, 6.07) is 23.1. The number of aromatic nitrogens is 8. The second-order valence-corrected chi connectivity index (χ2v) is 11.4. The molecular formula is C35H28F2N10O5. The first-order valence-electron chi connectivity index (χ1n) is 15.4. The Balaban J connectivity index is 0.000000166. The number of hydrogen-bond acceptors (Lipinski definition) is 11. The van der Waals surface area contributed by atoms with Gasteiger partial charge in [0.25, 0.3) is 0 Å². The molecule has 8 aromatic rings. The number of benzene rings is 4. The average Bonchev–Trinajstić information content (AvgIpc) is 3.64. The van der Waals surface area contributed by atoms with Crippen LogP contribution in [0.25, 0.3) is 33.4 Å². The van der Waals surface area contributed by atoms with Gasteiger partial charge in [-0.1, -0.05) is 48.5 Å². The molecule has 0 aliphatic carbocycles. The lowest BCUT2D eigenvalue weighted by molar-refractivity contribution is -0.191. The van der Waals surface area contributed by atoms with Crippen molar-refractivity contribution >= 4 is 51.1 Å². The summed E-state index contributed by atoms with van der Waals surface area (Å²) in [5.74, 6) is -0.535. The molecule has 0 amide bonds. The highest BCUT2D eigenvalue weighted by Crippen LogP contribution is 2.20. The Morgan fingerprint density at radius 3 is 1.60 bits per heavy atom. The minimum Gasteiger partial charge on any atom is -0.392 e. The molecule has 0 saturated carbocycles. The second kappa shape index (κ2) is 14.4. The molecule has 8 rings (SSSR count). The Labute approximate surface area is 290 Å². The van der Waals surface area contributed by atoms with E-state index < -0.39 is 11.5 Å². The van der Waals surface area contributed by atoms with Gasteiger partial charge in [-0.15, -0.1) is 10.2 Å². The third kappa shape index (κ3) is 6.59. The lowest BCUT2D eigenvalue weighted by Gasteiger charge is -2.04. The summed E-state index contributed by atoms with van der Waals surface area (Å²) < 4.78 is 32.8. The lowest BCUT2D eigenvalue weighted by atomic mass is 10.2. The second-order valence-electron chi connectivity index (χ2n) is 11.4. The van der Waals surface area contributed by atoms with Crippen LogP contribution < -0.4 is 22.8 Å². The van der Waals surface area contributed by atoms with Gasteiger partial charge in [0.15, 0.2) is 11.6 Å². The maximum atomic E-state index is 13.9. The zero-order valence-electron chi connectivity index (χ0n) is 27.3. The van der Waals surface area contributed by atoms with Crippen molar-refractivity contribution in [2.24, 2.45) is 0 Å². The predicted molar refractivity (Wildman–Crippen MR) is 185 cm³/mol. The summed E-state index contributed by atoms with van der Waals surface area (Å²) in [5, 5.41) is 17.7. The number of nitrogen functional groups attached to an aromatic ring is 2. The van der Waals surface area contributed by atoms with Gasteiger partial charge < -0.3 is 16.6 Å². The number of aryl methyl sites for hydroxylation is 1. The van der Waals surface area contributed by atoms with Crippen molar-refractivity contribution < 1.29 is 23.5 Å². The van der Waals surface area contributed by atoms with Crippen molar-refractivity contribution in [3.05, 3.63) is 140 Å². The van der Waals surface area contributed by atoms with Crippen LogP contribution in [-0.4, -0.2) is 49.6 Å². The van der Waals surface area contributed by atoms with Crippen LogP contribution >= 0.6 is 0 Å². The van der Waals surface area contributed by atoms with Crippen LogP contribution in [0.5, 0.6) is 0 Å². The SMILES string of the molecule is Cc1ccc2c(c1)nc(N)c1nn(Cc3ccccc3F)c(=O)n12.Nc1nc2cc(CO)ccc2n2c(=O)n(Cc3ccccc3F)nc12.O=C=O. The topological polar surface area (TPSA) is 211 Å². The molecule has 52 heavy (non-hydrogen) atoms. The maximum Gasteiger partial charge on any atom is 0.373 e.